The summed E-state index contributed by atoms with van der Waals surface area (Å²) in [5, 5.41) is 1.17. The molecule has 1 aromatic heterocycles. The van der Waals surface area contributed by atoms with Crippen LogP contribution in [0.3, 0.4) is 0 Å². The Morgan fingerprint density at radius 2 is 2.05 bits per heavy atom. The molecular weight excluding hydrogens is 518 g/mol. The number of hydroxylamine groups is 1. The van der Waals surface area contributed by atoms with Crippen LogP contribution in [0.5, 0.6) is 0 Å². The van der Waals surface area contributed by atoms with Crippen molar-refractivity contribution in [3.63, 3.8) is 0 Å². The third kappa shape index (κ3) is 7.60. The summed E-state index contributed by atoms with van der Waals surface area (Å²) >= 11 is 0. The van der Waals surface area contributed by atoms with Gasteiger partial charge in [-0.2, -0.15) is 0 Å². The highest BCUT2D eigenvalue weighted by atomic mass is 16.8. The molecule has 1 aliphatic heterocycles. The number of allylic oxidation sites excluding steroid dienone is 2. The van der Waals surface area contributed by atoms with E-state index in [-0.39, 0.29) is 30.3 Å². The number of para-hydroxylation sites is 1. The van der Waals surface area contributed by atoms with Crippen LogP contribution < -0.4 is 5.48 Å². The average molecular weight is 560 g/mol. The minimum Gasteiger partial charge on any atom is -0.444 e. The van der Waals surface area contributed by atoms with E-state index in [0.717, 1.165) is 56.0 Å². The largest absolute Gasteiger partial charge is 0.444 e. The fraction of sp³-hybridized carbons (Fsp3) is 0.515. The van der Waals surface area contributed by atoms with Gasteiger partial charge in [0.1, 0.15) is 5.60 Å². The van der Waals surface area contributed by atoms with Crippen molar-refractivity contribution in [2.45, 2.75) is 90.1 Å². The number of nitrogens with one attached hydrogen (secondary N) is 2. The van der Waals surface area contributed by atoms with E-state index in [1.165, 1.54) is 22.6 Å². The van der Waals surface area contributed by atoms with Gasteiger partial charge in [0, 0.05) is 54.2 Å². The summed E-state index contributed by atoms with van der Waals surface area (Å²) in [5.41, 5.74) is 6.44. The van der Waals surface area contributed by atoms with Crippen molar-refractivity contribution in [3.8, 4) is 11.8 Å². The van der Waals surface area contributed by atoms with Crippen molar-refractivity contribution in [2.75, 3.05) is 13.2 Å². The van der Waals surface area contributed by atoms with Gasteiger partial charge in [0.25, 0.3) is 5.91 Å². The molecule has 41 heavy (non-hydrogen) atoms. The molecule has 218 valence electrons. The Hall–Kier alpha value is -3.54. The minimum atomic E-state index is -0.594. The number of rotatable bonds is 8. The van der Waals surface area contributed by atoms with Crippen molar-refractivity contribution in [2.24, 2.45) is 5.92 Å². The van der Waals surface area contributed by atoms with Crippen LogP contribution in [-0.2, 0) is 25.5 Å². The van der Waals surface area contributed by atoms with Crippen molar-refractivity contribution < 1.29 is 23.9 Å². The van der Waals surface area contributed by atoms with Gasteiger partial charge in [-0.05, 0) is 77.3 Å². The van der Waals surface area contributed by atoms with Gasteiger partial charge in [0.2, 0.25) is 0 Å². The number of amides is 2. The van der Waals surface area contributed by atoms with Crippen LogP contribution in [0.4, 0.5) is 4.79 Å². The maximum atomic E-state index is 13.5. The van der Waals surface area contributed by atoms with Gasteiger partial charge in [-0.15, -0.1) is 0 Å². The van der Waals surface area contributed by atoms with Crippen LogP contribution in [0.25, 0.3) is 10.9 Å². The Kier molecular flexibility index (Phi) is 9.16. The molecule has 2 amide bonds. The number of aromatic nitrogens is 1. The monoisotopic (exact) mass is 559 g/mol. The molecule has 2 N–H and O–H groups in total. The number of aromatic amines is 1. The standard InChI is InChI=1S/C33H41N3O5/c1-33(2,3)40-32(38)36(19-18-25-22-34-28-11-5-4-10-26(25)28)29-12-8-9-24-21-23(14-16-27(24)29)15-17-30(37)35-41-31-13-6-7-20-39-31/h4-5,10-11,15,17,22-23,29,31,34H,6-9,12-13,18-21H2,1-3H3,(H,35,37)/b17-15+. The van der Waals surface area contributed by atoms with Gasteiger partial charge in [-0.25, -0.2) is 15.1 Å². The summed E-state index contributed by atoms with van der Waals surface area (Å²) in [5.74, 6) is 6.32. The lowest BCUT2D eigenvalue weighted by Gasteiger charge is -2.38. The molecule has 3 atom stereocenters. The highest BCUT2D eigenvalue weighted by molar-refractivity contribution is 5.86. The van der Waals surface area contributed by atoms with Gasteiger partial charge in [0.05, 0.1) is 6.04 Å². The maximum absolute atomic E-state index is 13.5. The number of carbonyl (C=O) groups is 2. The number of hydrogen-bond donors (Lipinski definition) is 2. The summed E-state index contributed by atoms with van der Waals surface area (Å²) in [4.78, 5) is 36.4. The van der Waals surface area contributed by atoms with Crippen molar-refractivity contribution in [1.82, 2.24) is 15.4 Å². The van der Waals surface area contributed by atoms with Crippen molar-refractivity contribution in [1.29, 1.82) is 0 Å². The number of carbonyl (C=O) groups excluding carboxylic acids is 2. The second-order valence-corrected chi connectivity index (χ2v) is 12.0. The first-order valence-electron chi connectivity index (χ1n) is 14.8. The molecule has 5 rings (SSSR count). The van der Waals surface area contributed by atoms with E-state index < -0.39 is 5.60 Å². The number of H-pyrrole nitrogens is 1. The van der Waals surface area contributed by atoms with Crippen LogP contribution in [-0.4, -0.2) is 53.0 Å². The molecule has 0 saturated carbocycles. The predicted octanol–water partition coefficient (Wildman–Crippen LogP) is 5.95. The number of nitrogens with zero attached hydrogens (tertiary/aromatic N) is 1. The first-order valence-corrected chi connectivity index (χ1v) is 14.8. The second-order valence-electron chi connectivity index (χ2n) is 12.0. The lowest BCUT2D eigenvalue weighted by molar-refractivity contribution is -0.198. The molecule has 2 aliphatic carbocycles. The van der Waals surface area contributed by atoms with E-state index >= 15 is 0 Å². The molecule has 1 aromatic carbocycles. The Labute approximate surface area is 242 Å². The molecule has 8 heteroatoms. The van der Waals surface area contributed by atoms with Gasteiger partial charge >= 0.3 is 6.09 Å². The fourth-order valence-corrected chi connectivity index (χ4v) is 5.76. The van der Waals surface area contributed by atoms with Crippen LogP contribution in [0.1, 0.15) is 71.3 Å². The SMILES string of the molecule is CC(C)(C)OC(=O)N(CCc1c[nH]c2ccccc12)C1CCCC2=C1C#CC(/C=C/C(=O)NOC1CCCCO1)C2. The van der Waals surface area contributed by atoms with Gasteiger partial charge in [-0.1, -0.05) is 41.7 Å². The zero-order valence-electron chi connectivity index (χ0n) is 24.3. The summed E-state index contributed by atoms with van der Waals surface area (Å²) in [6.07, 6.45) is 11.7. The van der Waals surface area contributed by atoms with Gasteiger partial charge in [-0.3, -0.25) is 4.79 Å². The van der Waals surface area contributed by atoms with E-state index in [0.29, 0.717) is 19.6 Å². The van der Waals surface area contributed by atoms with E-state index in [1.54, 1.807) is 0 Å². The Bertz CT molecular complexity index is 1370. The van der Waals surface area contributed by atoms with E-state index in [9.17, 15) is 9.59 Å². The minimum absolute atomic E-state index is 0.0645. The fourth-order valence-electron chi connectivity index (χ4n) is 5.76. The summed E-state index contributed by atoms with van der Waals surface area (Å²) in [7, 11) is 0. The smallest absolute Gasteiger partial charge is 0.410 e. The Balaban J connectivity index is 1.27. The van der Waals surface area contributed by atoms with E-state index in [4.69, 9.17) is 14.3 Å². The number of benzene rings is 1. The molecule has 0 radical (unpaired) electrons. The second kappa shape index (κ2) is 13.0. The Morgan fingerprint density at radius 1 is 1.20 bits per heavy atom. The summed E-state index contributed by atoms with van der Waals surface area (Å²) < 4.78 is 11.4. The molecule has 0 bridgehead atoms. The predicted molar refractivity (Wildman–Crippen MR) is 157 cm³/mol. The Morgan fingerprint density at radius 3 is 2.85 bits per heavy atom. The number of ether oxygens (including phenoxy) is 2. The molecule has 3 unspecified atom stereocenters. The normalized spacial score (nSPS) is 22.7. The highest BCUT2D eigenvalue weighted by Gasteiger charge is 2.34. The van der Waals surface area contributed by atoms with Crippen LogP contribution in [0, 0.1) is 17.8 Å². The maximum Gasteiger partial charge on any atom is 0.410 e. The molecule has 2 aromatic rings. The van der Waals surface area contributed by atoms with Crippen LogP contribution in [0.2, 0.25) is 0 Å². The lowest BCUT2D eigenvalue weighted by atomic mass is 9.80. The molecule has 2 heterocycles. The zero-order valence-corrected chi connectivity index (χ0v) is 24.3. The summed E-state index contributed by atoms with van der Waals surface area (Å²) in [6.45, 7) is 6.88. The first kappa shape index (κ1) is 29.0. The lowest BCUT2D eigenvalue weighted by Crippen LogP contribution is -2.46. The van der Waals surface area contributed by atoms with Crippen LogP contribution in [0.15, 0.2) is 53.8 Å². The van der Waals surface area contributed by atoms with Gasteiger partial charge in [0.15, 0.2) is 6.29 Å². The zero-order chi connectivity index (χ0) is 28.8. The molecule has 0 spiro atoms. The third-order valence-corrected chi connectivity index (χ3v) is 7.74. The van der Waals surface area contributed by atoms with Crippen molar-refractivity contribution >= 4 is 22.9 Å². The molecule has 1 fully saturated rings. The average Bonchev–Trinajstić information content (AvgIpc) is 3.37. The third-order valence-electron chi connectivity index (χ3n) is 7.74. The molecule has 8 nitrogen and oxygen atoms in total. The highest BCUT2D eigenvalue weighted by Crippen LogP contribution is 2.35. The first-order chi connectivity index (χ1) is 19.8. The topological polar surface area (TPSA) is 92.9 Å². The quantitative estimate of drug-likeness (QED) is 0.237. The van der Waals surface area contributed by atoms with Gasteiger partial charge < -0.3 is 19.4 Å². The van der Waals surface area contributed by atoms with E-state index in [2.05, 4.69) is 34.4 Å². The summed E-state index contributed by atoms with van der Waals surface area (Å²) in [6, 6.07) is 8.10. The van der Waals surface area contributed by atoms with Crippen molar-refractivity contribution in [3.05, 3.63) is 59.3 Å². The van der Waals surface area contributed by atoms with E-state index in [1.807, 2.05) is 50.1 Å². The molecule has 3 aliphatic rings. The number of fused-ring (bicyclic) bond motifs is 1. The number of hydrogen-bond acceptors (Lipinski definition) is 5. The molecule has 1 saturated heterocycles. The van der Waals surface area contributed by atoms with Crippen LogP contribution >= 0.6 is 0 Å². The molecular formula is C33H41N3O5.